The van der Waals surface area contributed by atoms with Gasteiger partial charge in [0.1, 0.15) is 10.8 Å². The molecule has 9 heteroatoms. The van der Waals surface area contributed by atoms with Crippen LogP contribution in [0.2, 0.25) is 0 Å². The first kappa shape index (κ1) is 25.8. The first-order valence-electron chi connectivity index (χ1n) is 11.7. The van der Waals surface area contributed by atoms with Gasteiger partial charge in [-0.25, -0.2) is 4.79 Å². The normalized spacial score (nSPS) is 13.3. The Labute approximate surface area is 218 Å². The average molecular weight is 525 g/mol. The molecule has 0 saturated heterocycles. The standard InChI is InChI=1S/C27H28N2O5S2/c1-17(25(31)29-26-24(27(32)33-2)21-13-6-7-14-22(21)36-26)35-20-12-8-9-18(15-20)28-23(30)16-34-19-10-4-3-5-11-19/h3-5,8-12,15,17H,6-7,13-14,16H2,1-2H3,(H,28,30)(H,29,31). The minimum atomic E-state index is -0.429. The van der Waals surface area contributed by atoms with Crippen LogP contribution in [-0.2, 0) is 27.2 Å². The Morgan fingerprint density at radius 2 is 1.81 bits per heavy atom. The zero-order chi connectivity index (χ0) is 25.5. The summed E-state index contributed by atoms with van der Waals surface area (Å²) in [7, 11) is 1.36. The number of ether oxygens (including phenoxy) is 2. The maximum absolute atomic E-state index is 13.0. The molecule has 4 rings (SSSR count). The zero-order valence-corrected chi connectivity index (χ0v) is 21.8. The highest BCUT2D eigenvalue weighted by molar-refractivity contribution is 8.00. The SMILES string of the molecule is COC(=O)c1c(NC(=O)C(C)Sc2cccc(NC(=O)COc3ccccc3)c2)sc2c1CCCC2. The van der Waals surface area contributed by atoms with Crippen molar-refractivity contribution in [2.45, 2.75) is 42.8 Å². The number of nitrogens with one attached hydrogen (secondary N) is 2. The maximum atomic E-state index is 13.0. The number of methoxy groups -OCH3 is 1. The monoisotopic (exact) mass is 524 g/mol. The average Bonchev–Trinajstić information content (AvgIpc) is 3.25. The molecule has 1 heterocycles. The molecule has 2 amide bonds. The van der Waals surface area contributed by atoms with Crippen molar-refractivity contribution in [3.05, 3.63) is 70.6 Å². The van der Waals surface area contributed by atoms with E-state index in [0.29, 0.717) is 22.0 Å². The van der Waals surface area contributed by atoms with Crippen LogP contribution in [0.1, 0.15) is 40.6 Å². The summed E-state index contributed by atoms with van der Waals surface area (Å²) in [5.41, 5.74) is 2.12. The van der Waals surface area contributed by atoms with Gasteiger partial charge in [-0.05, 0) is 68.5 Å². The number of amides is 2. The van der Waals surface area contributed by atoms with Gasteiger partial charge in [0.15, 0.2) is 6.61 Å². The molecule has 1 aromatic heterocycles. The van der Waals surface area contributed by atoms with Crippen LogP contribution in [0.3, 0.4) is 0 Å². The van der Waals surface area contributed by atoms with Crippen molar-refractivity contribution in [2.24, 2.45) is 0 Å². The summed E-state index contributed by atoms with van der Waals surface area (Å²) in [5.74, 6) is -0.262. The number of rotatable bonds is 9. The van der Waals surface area contributed by atoms with Crippen LogP contribution in [-0.4, -0.2) is 36.8 Å². The number of hydrogen-bond acceptors (Lipinski definition) is 7. The van der Waals surface area contributed by atoms with Crippen LogP contribution < -0.4 is 15.4 Å². The number of anilines is 2. The fourth-order valence-electron chi connectivity index (χ4n) is 3.95. The highest BCUT2D eigenvalue weighted by Gasteiger charge is 2.28. The third-order valence-electron chi connectivity index (χ3n) is 5.71. The molecule has 0 bridgehead atoms. The molecule has 1 aliphatic rings. The van der Waals surface area contributed by atoms with E-state index in [2.05, 4.69) is 10.6 Å². The lowest BCUT2D eigenvalue weighted by Crippen LogP contribution is -2.23. The number of carbonyl (C=O) groups is 3. The molecule has 3 aromatic rings. The molecule has 0 fully saturated rings. The number of thioether (sulfide) groups is 1. The Balaban J connectivity index is 1.36. The van der Waals surface area contributed by atoms with Crippen molar-refractivity contribution >= 4 is 51.6 Å². The predicted octanol–water partition coefficient (Wildman–Crippen LogP) is 5.55. The highest BCUT2D eigenvalue weighted by Crippen LogP contribution is 2.39. The fourth-order valence-corrected chi connectivity index (χ4v) is 6.16. The minimum absolute atomic E-state index is 0.104. The second kappa shape index (κ2) is 12.1. The smallest absolute Gasteiger partial charge is 0.341 e. The van der Waals surface area contributed by atoms with Crippen molar-refractivity contribution < 1.29 is 23.9 Å². The molecule has 0 saturated carbocycles. The van der Waals surface area contributed by atoms with Gasteiger partial charge in [0.2, 0.25) is 5.91 Å². The van der Waals surface area contributed by atoms with Crippen LogP contribution in [0, 0.1) is 0 Å². The molecule has 2 aromatic carbocycles. The molecule has 1 atom stereocenters. The lowest BCUT2D eigenvalue weighted by molar-refractivity contribution is -0.118. The van der Waals surface area contributed by atoms with E-state index in [1.165, 1.54) is 30.2 Å². The van der Waals surface area contributed by atoms with Gasteiger partial charge in [-0.3, -0.25) is 9.59 Å². The Kier molecular flexibility index (Phi) is 8.66. The van der Waals surface area contributed by atoms with E-state index in [1.54, 1.807) is 18.2 Å². The number of benzene rings is 2. The van der Waals surface area contributed by atoms with E-state index in [1.807, 2.05) is 43.3 Å². The van der Waals surface area contributed by atoms with Crippen molar-refractivity contribution in [2.75, 3.05) is 24.4 Å². The maximum Gasteiger partial charge on any atom is 0.341 e. The minimum Gasteiger partial charge on any atom is -0.484 e. The largest absolute Gasteiger partial charge is 0.484 e. The molecule has 0 spiro atoms. The van der Waals surface area contributed by atoms with Crippen LogP contribution in [0.5, 0.6) is 5.75 Å². The van der Waals surface area contributed by atoms with E-state index in [0.717, 1.165) is 41.0 Å². The van der Waals surface area contributed by atoms with Crippen molar-refractivity contribution in [1.82, 2.24) is 0 Å². The number of fused-ring (bicyclic) bond motifs is 1. The van der Waals surface area contributed by atoms with E-state index >= 15 is 0 Å². The number of esters is 1. The predicted molar refractivity (Wildman–Crippen MR) is 143 cm³/mol. The lowest BCUT2D eigenvalue weighted by atomic mass is 9.95. The van der Waals surface area contributed by atoms with E-state index < -0.39 is 11.2 Å². The van der Waals surface area contributed by atoms with Crippen molar-refractivity contribution in [3.63, 3.8) is 0 Å². The molecule has 1 unspecified atom stereocenters. The number of para-hydroxylation sites is 1. The van der Waals surface area contributed by atoms with Crippen LogP contribution in [0.4, 0.5) is 10.7 Å². The van der Waals surface area contributed by atoms with E-state index in [9.17, 15) is 14.4 Å². The third-order valence-corrected chi connectivity index (χ3v) is 8.01. The van der Waals surface area contributed by atoms with Gasteiger partial charge in [0.05, 0.1) is 17.9 Å². The summed E-state index contributed by atoms with van der Waals surface area (Å²) in [6, 6.07) is 16.4. The number of hydrogen-bond donors (Lipinski definition) is 2. The molecule has 2 N–H and O–H groups in total. The molecule has 36 heavy (non-hydrogen) atoms. The second-order valence-electron chi connectivity index (χ2n) is 8.33. The van der Waals surface area contributed by atoms with Crippen LogP contribution in [0.25, 0.3) is 0 Å². The molecule has 0 aliphatic heterocycles. The Bertz CT molecular complexity index is 1240. The first-order valence-corrected chi connectivity index (χ1v) is 13.4. The van der Waals surface area contributed by atoms with Gasteiger partial charge in [0.25, 0.3) is 5.91 Å². The van der Waals surface area contributed by atoms with Crippen molar-refractivity contribution in [3.8, 4) is 5.75 Å². The van der Waals surface area contributed by atoms with Gasteiger partial charge >= 0.3 is 5.97 Å². The van der Waals surface area contributed by atoms with E-state index in [-0.39, 0.29) is 18.4 Å². The molecular formula is C27H28N2O5S2. The quantitative estimate of drug-likeness (QED) is 0.282. The molecular weight excluding hydrogens is 496 g/mol. The van der Waals surface area contributed by atoms with Crippen LogP contribution in [0.15, 0.2) is 59.5 Å². The topological polar surface area (TPSA) is 93.7 Å². The van der Waals surface area contributed by atoms with E-state index in [4.69, 9.17) is 9.47 Å². The fraction of sp³-hybridized carbons (Fsp3) is 0.296. The summed E-state index contributed by atoms with van der Waals surface area (Å²) < 4.78 is 10.5. The molecule has 1 aliphatic carbocycles. The van der Waals surface area contributed by atoms with Gasteiger partial charge < -0.3 is 20.1 Å². The molecule has 188 valence electrons. The van der Waals surface area contributed by atoms with Gasteiger partial charge in [-0.2, -0.15) is 0 Å². The zero-order valence-electron chi connectivity index (χ0n) is 20.2. The van der Waals surface area contributed by atoms with Gasteiger partial charge in [0, 0.05) is 15.5 Å². The highest BCUT2D eigenvalue weighted by atomic mass is 32.2. The second-order valence-corrected chi connectivity index (χ2v) is 10.9. The van der Waals surface area contributed by atoms with Gasteiger partial charge in [-0.1, -0.05) is 24.3 Å². The number of thiophene rings is 1. The third kappa shape index (κ3) is 6.47. The summed E-state index contributed by atoms with van der Waals surface area (Å²) in [4.78, 5) is 39.7. The summed E-state index contributed by atoms with van der Waals surface area (Å²) in [6.07, 6.45) is 3.85. The first-order chi connectivity index (χ1) is 17.4. The molecule has 7 nitrogen and oxygen atoms in total. The van der Waals surface area contributed by atoms with Crippen LogP contribution >= 0.6 is 23.1 Å². The van der Waals surface area contributed by atoms with Gasteiger partial charge in [-0.15, -0.1) is 23.1 Å². The Hall–Kier alpha value is -3.30. The Morgan fingerprint density at radius 1 is 1.03 bits per heavy atom. The summed E-state index contributed by atoms with van der Waals surface area (Å²) in [6.45, 7) is 1.71. The Morgan fingerprint density at radius 3 is 2.58 bits per heavy atom. The summed E-state index contributed by atoms with van der Waals surface area (Å²) >= 11 is 2.84. The van der Waals surface area contributed by atoms with Crippen molar-refractivity contribution in [1.29, 1.82) is 0 Å². The number of carbonyl (C=O) groups excluding carboxylic acids is 3. The lowest BCUT2D eigenvalue weighted by Gasteiger charge is -2.14. The number of aryl methyl sites for hydroxylation is 1. The molecule has 0 radical (unpaired) electrons. The summed E-state index contributed by atoms with van der Waals surface area (Å²) in [5, 5.41) is 5.91.